The Labute approximate surface area is 100.0 Å². The average molecular weight is 258 g/mol. The van der Waals surface area contributed by atoms with Crippen LogP contribution in [-0.2, 0) is 14.6 Å². The lowest BCUT2D eigenvalue weighted by Gasteiger charge is -2.09. The van der Waals surface area contributed by atoms with Crippen molar-refractivity contribution in [3.05, 3.63) is 24.3 Å². The summed E-state index contributed by atoms with van der Waals surface area (Å²) in [6.07, 6.45) is -0.00326. The molecule has 0 bridgehead atoms. The van der Waals surface area contributed by atoms with Crippen LogP contribution in [0.25, 0.3) is 0 Å². The summed E-state index contributed by atoms with van der Waals surface area (Å²) >= 11 is 0. The molecule has 0 aliphatic carbocycles. The second-order valence-electron chi connectivity index (χ2n) is 3.79. The molecule has 0 spiro atoms. The van der Waals surface area contributed by atoms with Gasteiger partial charge in [-0.1, -0.05) is 0 Å². The van der Waals surface area contributed by atoms with Gasteiger partial charge in [0, 0.05) is 0 Å². The molecule has 0 heterocycles. The Hall–Kier alpha value is -1.56. The molecule has 1 aromatic rings. The highest BCUT2D eigenvalue weighted by atomic mass is 32.2. The first-order valence-corrected chi connectivity index (χ1v) is 6.68. The van der Waals surface area contributed by atoms with Crippen molar-refractivity contribution in [2.45, 2.75) is 24.8 Å². The van der Waals surface area contributed by atoms with Crippen LogP contribution in [0.5, 0.6) is 5.75 Å². The van der Waals surface area contributed by atoms with Gasteiger partial charge in [0.1, 0.15) is 5.75 Å². The lowest BCUT2D eigenvalue weighted by atomic mass is 10.3. The molecule has 0 atom stereocenters. The molecule has 0 aliphatic rings. The van der Waals surface area contributed by atoms with Crippen molar-refractivity contribution >= 4 is 15.8 Å². The van der Waals surface area contributed by atoms with Crippen LogP contribution in [0.1, 0.15) is 13.8 Å². The molecular weight excluding hydrogens is 244 g/mol. The van der Waals surface area contributed by atoms with E-state index in [2.05, 4.69) is 0 Å². The minimum atomic E-state index is -3.76. The lowest BCUT2D eigenvalue weighted by Crippen LogP contribution is -2.15. The number of benzene rings is 1. The van der Waals surface area contributed by atoms with Crippen LogP contribution in [0.3, 0.4) is 0 Å². The molecular formula is C11H14O5S. The van der Waals surface area contributed by atoms with Gasteiger partial charge in [0.05, 0.1) is 11.0 Å². The summed E-state index contributed by atoms with van der Waals surface area (Å²) in [5, 5.41) is 8.48. The molecule has 6 heteroatoms. The summed E-state index contributed by atoms with van der Waals surface area (Å²) in [7, 11) is -3.76. The summed E-state index contributed by atoms with van der Waals surface area (Å²) < 4.78 is 28.5. The normalized spacial score (nSPS) is 11.5. The van der Waals surface area contributed by atoms with E-state index >= 15 is 0 Å². The van der Waals surface area contributed by atoms with Crippen molar-refractivity contribution in [2.24, 2.45) is 0 Å². The standard InChI is InChI=1S/C11H14O5S/c1-8(2)16-9-3-5-10(6-4-9)17(14,15)7-11(12)13/h3-6,8H,7H2,1-2H3,(H,12,13). The van der Waals surface area contributed by atoms with Gasteiger partial charge in [-0.15, -0.1) is 0 Å². The maximum absolute atomic E-state index is 11.6. The molecule has 5 nitrogen and oxygen atoms in total. The van der Waals surface area contributed by atoms with E-state index in [0.717, 1.165) is 0 Å². The third-order valence-electron chi connectivity index (χ3n) is 1.87. The van der Waals surface area contributed by atoms with E-state index in [1.807, 2.05) is 13.8 Å². The molecule has 0 aliphatic heterocycles. The third-order valence-corrected chi connectivity index (χ3v) is 3.49. The molecule has 1 aromatic carbocycles. The van der Waals surface area contributed by atoms with E-state index in [1.165, 1.54) is 24.3 Å². The smallest absolute Gasteiger partial charge is 0.319 e. The van der Waals surface area contributed by atoms with E-state index in [-0.39, 0.29) is 11.0 Å². The van der Waals surface area contributed by atoms with Gasteiger partial charge in [-0.2, -0.15) is 0 Å². The summed E-state index contributed by atoms with van der Waals surface area (Å²) in [6.45, 7) is 3.71. The van der Waals surface area contributed by atoms with Gasteiger partial charge in [-0.05, 0) is 38.1 Å². The number of sulfone groups is 1. The lowest BCUT2D eigenvalue weighted by molar-refractivity contribution is -0.134. The SMILES string of the molecule is CC(C)Oc1ccc(S(=O)(=O)CC(=O)O)cc1. The van der Waals surface area contributed by atoms with Gasteiger partial charge in [0.2, 0.25) is 0 Å². The molecule has 17 heavy (non-hydrogen) atoms. The van der Waals surface area contributed by atoms with Crippen molar-refractivity contribution in [3.8, 4) is 5.75 Å². The van der Waals surface area contributed by atoms with Crippen LogP contribution < -0.4 is 4.74 Å². The number of carboxylic acid groups (broad SMARTS) is 1. The fourth-order valence-corrected chi connectivity index (χ4v) is 2.29. The Morgan fingerprint density at radius 1 is 1.29 bits per heavy atom. The molecule has 94 valence electrons. The first-order chi connectivity index (χ1) is 7.81. The predicted molar refractivity (Wildman–Crippen MR) is 61.9 cm³/mol. The maximum Gasteiger partial charge on any atom is 0.319 e. The van der Waals surface area contributed by atoms with Gasteiger partial charge >= 0.3 is 5.97 Å². The van der Waals surface area contributed by atoms with Gasteiger partial charge in [0.15, 0.2) is 15.6 Å². The van der Waals surface area contributed by atoms with E-state index in [1.54, 1.807) is 0 Å². The van der Waals surface area contributed by atoms with E-state index in [0.29, 0.717) is 5.75 Å². The Morgan fingerprint density at radius 2 is 1.82 bits per heavy atom. The van der Waals surface area contributed by atoms with Crippen LogP contribution in [0, 0.1) is 0 Å². The molecule has 0 unspecified atom stereocenters. The van der Waals surface area contributed by atoms with Gasteiger partial charge in [0.25, 0.3) is 0 Å². The Morgan fingerprint density at radius 3 is 2.24 bits per heavy atom. The fraction of sp³-hybridized carbons (Fsp3) is 0.364. The number of hydrogen-bond acceptors (Lipinski definition) is 4. The zero-order valence-corrected chi connectivity index (χ0v) is 10.4. The first kappa shape index (κ1) is 13.5. The van der Waals surface area contributed by atoms with E-state index in [4.69, 9.17) is 9.84 Å². The summed E-state index contributed by atoms with van der Waals surface area (Å²) in [5.41, 5.74) is 0. The van der Waals surface area contributed by atoms with Crippen molar-refractivity contribution < 1.29 is 23.1 Å². The fourth-order valence-electron chi connectivity index (χ4n) is 1.24. The highest BCUT2D eigenvalue weighted by Crippen LogP contribution is 2.18. The molecule has 0 fully saturated rings. The average Bonchev–Trinajstić information content (AvgIpc) is 2.15. The highest BCUT2D eigenvalue weighted by molar-refractivity contribution is 7.92. The topological polar surface area (TPSA) is 80.7 Å². The first-order valence-electron chi connectivity index (χ1n) is 5.02. The molecule has 0 aromatic heterocycles. The van der Waals surface area contributed by atoms with Crippen molar-refractivity contribution in [3.63, 3.8) is 0 Å². The van der Waals surface area contributed by atoms with Crippen LogP contribution in [0.15, 0.2) is 29.2 Å². The quantitative estimate of drug-likeness (QED) is 0.861. The zero-order valence-electron chi connectivity index (χ0n) is 9.58. The molecule has 1 N–H and O–H groups in total. The minimum absolute atomic E-state index is 0.00326. The number of aliphatic carboxylic acids is 1. The second kappa shape index (κ2) is 5.18. The largest absolute Gasteiger partial charge is 0.491 e. The zero-order chi connectivity index (χ0) is 13.1. The molecule has 0 radical (unpaired) electrons. The Kier molecular flexibility index (Phi) is 4.11. The maximum atomic E-state index is 11.6. The molecule has 1 rings (SSSR count). The third kappa shape index (κ3) is 4.07. The molecule has 0 amide bonds. The van der Waals surface area contributed by atoms with Crippen molar-refractivity contribution in [1.29, 1.82) is 0 Å². The monoisotopic (exact) mass is 258 g/mol. The number of ether oxygens (including phenoxy) is 1. The van der Waals surface area contributed by atoms with Crippen LogP contribution >= 0.6 is 0 Å². The number of rotatable bonds is 5. The van der Waals surface area contributed by atoms with Crippen molar-refractivity contribution in [2.75, 3.05) is 5.75 Å². The number of carbonyl (C=O) groups is 1. The minimum Gasteiger partial charge on any atom is -0.491 e. The van der Waals surface area contributed by atoms with Crippen molar-refractivity contribution in [1.82, 2.24) is 0 Å². The second-order valence-corrected chi connectivity index (χ2v) is 5.78. The van der Waals surface area contributed by atoms with Gasteiger partial charge < -0.3 is 9.84 Å². The van der Waals surface area contributed by atoms with Gasteiger partial charge in [-0.25, -0.2) is 8.42 Å². The summed E-state index contributed by atoms with van der Waals surface area (Å²) in [5.74, 6) is -1.72. The number of carboxylic acids is 1. The Balaban J connectivity index is 2.91. The predicted octanol–water partition coefficient (Wildman–Crippen LogP) is 1.33. The van der Waals surface area contributed by atoms with Crippen LogP contribution in [0.4, 0.5) is 0 Å². The van der Waals surface area contributed by atoms with Gasteiger partial charge in [-0.3, -0.25) is 4.79 Å². The molecule has 0 saturated heterocycles. The van der Waals surface area contributed by atoms with Crippen LogP contribution in [0.2, 0.25) is 0 Å². The van der Waals surface area contributed by atoms with Crippen LogP contribution in [-0.4, -0.2) is 31.4 Å². The van der Waals surface area contributed by atoms with E-state index in [9.17, 15) is 13.2 Å². The molecule has 0 saturated carbocycles. The summed E-state index contributed by atoms with van der Waals surface area (Å²) in [4.78, 5) is 10.4. The number of hydrogen-bond donors (Lipinski definition) is 1. The highest BCUT2D eigenvalue weighted by Gasteiger charge is 2.18. The van der Waals surface area contributed by atoms with E-state index < -0.39 is 21.6 Å². The Bertz CT molecular complexity index is 487. The summed E-state index contributed by atoms with van der Waals surface area (Å²) in [6, 6.07) is 5.70.